The Morgan fingerprint density at radius 3 is 2.17 bits per heavy atom. The van der Waals surface area contributed by atoms with E-state index in [0.29, 0.717) is 15.6 Å². The molecule has 1 heterocycles. The lowest BCUT2D eigenvalue weighted by atomic mass is 10.2. The number of carbonyl (C=O) groups excluding carboxylic acids is 1. The summed E-state index contributed by atoms with van der Waals surface area (Å²) in [7, 11) is 2.06. The molecule has 0 N–H and O–H groups in total. The monoisotopic (exact) mass is 398 g/mol. The molecule has 1 aromatic carbocycles. The molecule has 1 aromatic rings. The Kier molecular flexibility index (Phi) is 4.75. The van der Waals surface area contributed by atoms with Crippen LogP contribution < -0.4 is 0 Å². The summed E-state index contributed by atoms with van der Waals surface area (Å²) in [6.07, 6.45) is 0. The van der Waals surface area contributed by atoms with Crippen molar-refractivity contribution in [2.75, 3.05) is 33.2 Å². The Labute approximate surface area is 130 Å². The maximum absolute atomic E-state index is 12.3. The first-order valence-corrected chi connectivity index (χ1v) is 7.45. The van der Waals surface area contributed by atoms with Gasteiger partial charge in [-0.15, -0.1) is 0 Å². The second-order valence-corrected chi connectivity index (χ2v) is 6.24. The van der Waals surface area contributed by atoms with Crippen LogP contribution in [-0.4, -0.2) is 48.9 Å². The van der Waals surface area contributed by atoms with Gasteiger partial charge in [0, 0.05) is 31.7 Å². The van der Waals surface area contributed by atoms with E-state index in [4.69, 9.17) is 23.2 Å². The minimum atomic E-state index is 0.00306. The number of nitrogens with zero attached hydrogens (tertiary/aromatic N) is 2. The van der Waals surface area contributed by atoms with Gasteiger partial charge in [-0.25, -0.2) is 0 Å². The molecule has 0 atom stereocenters. The minimum Gasteiger partial charge on any atom is -0.336 e. The molecule has 6 heteroatoms. The van der Waals surface area contributed by atoms with Crippen LogP contribution in [0.2, 0.25) is 10.0 Å². The summed E-state index contributed by atoms with van der Waals surface area (Å²) in [5.74, 6) is 0.00306. The second-order valence-electron chi connectivity index (χ2n) is 4.35. The molecule has 0 bridgehead atoms. The van der Waals surface area contributed by atoms with E-state index < -0.39 is 0 Å². The highest BCUT2D eigenvalue weighted by Gasteiger charge is 2.21. The summed E-state index contributed by atoms with van der Waals surface area (Å²) in [5, 5.41) is 1.06. The summed E-state index contributed by atoms with van der Waals surface area (Å²) in [5.41, 5.74) is 0.565. The lowest BCUT2D eigenvalue weighted by Gasteiger charge is -2.32. The summed E-state index contributed by atoms with van der Waals surface area (Å²) < 4.78 is 0.783. The summed E-state index contributed by atoms with van der Waals surface area (Å²) in [4.78, 5) is 16.4. The molecule has 1 aliphatic rings. The third-order valence-corrected chi connectivity index (χ3v) is 5.42. The third-order valence-electron chi connectivity index (χ3n) is 3.02. The van der Waals surface area contributed by atoms with Gasteiger partial charge in [-0.1, -0.05) is 23.2 Å². The van der Waals surface area contributed by atoms with E-state index in [9.17, 15) is 4.79 Å². The SMILES string of the molecule is CN1CCN(C(=O)c2cc(Cl)c(I)c(Cl)c2)CC1. The van der Waals surface area contributed by atoms with Gasteiger partial charge in [0.2, 0.25) is 0 Å². The standard InChI is InChI=1S/C12H13Cl2IN2O/c1-16-2-4-17(5-3-16)12(18)8-6-9(13)11(15)10(14)7-8/h6-7H,2-5H2,1H3. The van der Waals surface area contributed by atoms with E-state index in [0.717, 1.165) is 29.7 Å². The van der Waals surface area contributed by atoms with Crippen LogP contribution >= 0.6 is 45.8 Å². The molecule has 3 nitrogen and oxygen atoms in total. The lowest BCUT2D eigenvalue weighted by molar-refractivity contribution is 0.0664. The van der Waals surface area contributed by atoms with Crippen LogP contribution in [0.5, 0.6) is 0 Å². The van der Waals surface area contributed by atoms with Gasteiger partial charge in [0.15, 0.2) is 0 Å². The first-order valence-electron chi connectivity index (χ1n) is 5.61. The van der Waals surface area contributed by atoms with E-state index in [1.165, 1.54) is 0 Å². The zero-order valence-electron chi connectivity index (χ0n) is 9.92. The molecule has 0 aromatic heterocycles. The van der Waals surface area contributed by atoms with Crippen molar-refractivity contribution in [2.45, 2.75) is 0 Å². The lowest BCUT2D eigenvalue weighted by Crippen LogP contribution is -2.47. The number of hydrogen-bond donors (Lipinski definition) is 0. The summed E-state index contributed by atoms with van der Waals surface area (Å²) >= 11 is 14.2. The topological polar surface area (TPSA) is 23.6 Å². The van der Waals surface area contributed by atoms with E-state index >= 15 is 0 Å². The molecule has 98 valence electrons. The Hall–Kier alpha value is -0.0400. The zero-order valence-corrected chi connectivity index (χ0v) is 13.6. The fourth-order valence-electron chi connectivity index (χ4n) is 1.87. The van der Waals surface area contributed by atoms with Gasteiger partial charge in [-0.05, 0) is 41.8 Å². The molecule has 1 saturated heterocycles. The average Bonchev–Trinajstić information content (AvgIpc) is 2.35. The average molecular weight is 399 g/mol. The van der Waals surface area contributed by atoms with Crippen molar-refractivity contribution in [2.24, 2.45) is 0 Å². The third kappa shape index (κ3) is 3.10. The predicted molar refractivity (Wildman–Crippen MR) is 82.6 cm³/mol. The van der Waals surface area contributed by atoms with E-state index in [1.54, 1.807) is 12.1 Å². The number of likely N-dealkylation sites (N-methyl/N-ethyl adjacent to an activating group) is 1. The smallest absolute Gasteiger partial charge is 0.254 e. The molecular weight excluding hydrogens is 386 g/mol. The highest BCUT2D eigenvalue weighted by molar-refractivity contribution is 14.1. The second kappa shape index (κ2) is 5.94. The number of amides is 1. The van der Waals surface area contributed by atoms with E-state index in [1.807, 2.05) is 4.90 Å². The Morgan fingerprint density at radius 2 is 1.67 bits per heavy atom. The van der Waals surface area contributed by atoms with Crippen molar-refractivity contribution in [3.8, 4) is 0 Å². The molecule has 18 heavy (non-hydrogen) atoms. The van der Waals surface area contributed by atoms with Crippen LogP contribution in [0.3, 0.4) is 0 Å². The maximum Gasteiger partial charge on any atom is 0.254 e. The Bertz CT molecular complexity index is 450. The number of halogens is 3. The number of rotatable bonds is 1. The van der Waals surface area contributed by atoms with Crippen molar-refractivity contribution >= 4 is 51.7 Å². The maximum atomic E-state index is 12.3. The number of piperazine rings is 1. The largest absolute Gasteiger partial charge is 0.336 e. The molecule has 0 unspecified atom stereocenters. The van der Waals surface area contributed by atoms with E-state index in [2.05, 4.69) is 34.5 Å². The summed E-state index contributed by atoms with van der Waals surface area (Å²) in [6, 6.07) is 3.38. The van der Waals surface area contributed by atoms with Crippen LogP contribution in [0, 0.1) is 3.57 Å². The van der Waals surface area contributed by atoms with Crippen molar-refractivity contribution in [3.05, 3.63) is 31.3 Å². The molecule has 0 saturated carbocycles. The molecule has 0 aliphatic carbocycles. The Balaban J connectivity index is 2.19. The van der Waals surface area contributed by atoms with Gasteiger partial charge in [-0.2, -0.15) is 0 Å². The van der Waals surface area contributed by atoms with Gasteiger partial charge in [-0.3, -0.25) is 4.79 Å². The fourth-order valence-corrected chi connectivity index (χ4v) is 2.67. The highest BCUT2D eigenvalue weighted by atomic mass is 127. The fraction of sp³-hybridized carbons (Fsp3) is 0.417. The molecule has 0 spiro atoms. The van der Waals surface area contributed by atoms with Crippen LogP contribution in [0.25, 0.3) is 0 Å². The first-order chi connectivity index (χ1) is 8.49. The van der Waals surface area contributed by atoms with Crippen LogP contribution in [0.15, 0.2) is 12.1 Å². The van der Waals surface area contributed by atoms with Gasteiger partial charge in [0.1, 0.15) is 0 Å². The molecule has 2 rings (SSSR count). The molecule has 1 amide bonds. The van der Waals surface area contributed by atoms with Gasteiger partial charge in [0.05, 0.1) is 13.6 Å². The molecule has 0 radical (unpaired) electrons. The van der Waals surface area contributed by atoms with E-state index in [-0.39, 0.29) is 5.91 Å². The number of carbonyl (C=O) groups is 1. The van der Waals surface area contributed by atoms with Gasteiger partial charge >= 0.3 is 0 Å². The van der Waals surface area contributed by atoms with Crippen molar-refractivity contribution in [1.82, 2.24) is 9.80 Å². The summed E-state index contributed by atoms with van der Waals surface area (Å²) in [6.45, 7) is 3.29. The molecular formula is C12H13Cl2IN2O. The number of benzene rings is 1. The predicted octanol–water partition coefficient (Wildman–Crippen LogP) is 2.99. The first kappa shape index (κ1) is 14.4. The van der Waals surface area contributed by atoms with Crippen LogP contribution in [0.4, 0.5) is 0 Å². The van der Waals surface area contributed by atoms with Crippen LogP contribution in [-0.2, 0) is 0 Å². The van der Waals surface area contributed by atoms with Gasteiger partial charge < -0.3 is 9.80 Å². The quantitative estimate of drug-likeness (QED) is 0.536. The number of hydrogen-bond acceptors (Lipinski definition) is 2. The Morgan fingerprint density at radius 1 is 1.17 bits per heavy atom. The van der Waals surface area contributed by atoms with Crippen molar-refractivity contribution < 1.29 is 4.79 Å². The minimum absolute atomic E-state index is 0.00306. The normalized spacial score (nSPS) is 17.0. The van der Waals surface area contributed by atoms with Crippen molar-refractivity contribution in [3.63, 3.8) is 0 Å². The van der Waals surface area contributed by atoms with Crippen LogP contribution in [0.1, 0.15) is 10.4 Å². The molecule has 1 fully saturated rings. The highest BCUT2D eigenvalue weighted by Crippen LogP contribution is 2.28. The molecule has 1 aliphatic heterocycles. The van der Waals surface area contributed by atoms with Crippen molar-refractivity contribution in [1.29, 1.82) is 0 Å². The van der Waals surface area contributed by atoms with Gasteiger partial charge in [0.25, 0.3) is 5.91 Å². The zero-order chi connectivity index (χ0) is 13.3.